The highest BCUT2D eigenvalue weighted by Crippen LogP contribution is 2.22. The molecule has 0 bridgehead atoms. The number of carbonyl (C=O) groups excluding carboxylic acids is 6. The highest BCUT2D eigenvalue weighted by molar-refractivity contribution is 14.1. The monoisotopic (exact) mass is 707 g/mol. The lowest BCUT2D eigenvalue weighted by atomic mass is 9.85. The van der Waals surface area contributed by atoms with Gasteiger partial charge in [0.1, 0.15) is 12.1 Å². The molecular formula is C31H42IN5O6. The highest BCUT2D eigenvalue weighted by Gasteiger charge is 2.37. The lowest BCUT2D eigenvalue weighted by molar-refractivity contribution is -0.140. The number of benzene rings is 1. The molecule has 0 saturated carbocycles. The minimum Gasteiger partial charge on any atom is -0.345 e. The molecule has 1 aromatic heterocycles. The van der Waals surface area contributed by atoms with Gasteiger partial charge in [-0.2, -0.15) is 0 Å². The molecule has 11 nitrogen and oxygen atoms in total. The number of ketones is 1. The summed E-state index contributed by atoms with van der Waals surface area (Å²) in [5.74, 6) is -4.07. The van der Waals surface area contributed by atoms with E-state index in [0.717, 1.165) is 9.13 Å². The zero-order chi connectivity index (χ0) is 32.5. The Labute approximate surface area is 266 Å². The second-order valence-corrected chi connectivity index (χ2v) is 14.0. The van der Waals surface area contributed by atoms with Gasteiger partial charge in [0.2, 0.25) is 29.4 Å². The fourth-order valence-corrected chi connectivity index (χ4v) is 4.42. The van der Waals surface area contributed by atoms with Gasteiger partial charge < -0.3 is 21.3 Å². The summed E-state index contributed by atoms with van der Waals surface area (Å²) in [7, 11) is 0. The van der Waals surface area contributed by atoms with E-state index in [4.69, 9.17) is 0 Å². The second-order valence-electron chi connectivity index (χ2n) is 12.8. The topological polar surface area (TPSA) is 155 Å². The zero-order valence-corrected chi connectivity index (χ0v) is 27.9. The molecule has 1 aromatic carbocycles. The Morgan fingerprint density at radius 1 is 0.837 bits per heavy atom. The van der Waals surface area contributed by atoms with Gasteiger partial charge in [-0.15, -0.1) is 0 Å². The summed E-state index contributed by atoms with van der Waals surface area (Å²) in [6.07, 6.45) is 2.76. The van der Waals surface area contributed by atoms with Crippen LogP contribution in [0, 0.1) is 14.4 Å². The van der Waals surface area contributed by atoms with Crippen LogP contribution in [-0.4, -0.2) is 58.0 Å². The third-order valence-corrected chi connectivity index (χ3v) is 7.09. The van der Waals surface area contributed by atoms with Crippen molar-refractivity contribution < 1.29 is 28.8 Å². The van der Waals surface area contributed by atoms with Gasteiger partial charge in [0, 0.05) is 28.9 Å². The largest absolute Gasteiger partial charge is 0.345 e. The van der Waals surface area contributed by atoms with Crippen molar-refractivity contribution in [2.75, 3.05) is 0 Å². The van der Waals surface area contributed by atoms with Crippen LogP contribution in [0.2, 0.25) is 0 Å². The second kappa shape index (κ2) is 15.3. The van der Waals surface area contributed by atoms with Gasteiger partial charge in [-0.3, -0.25) is 33.3 Å². The summed E-state index contributed by atoms with van der Waals surface area (Å²) in [4.78, 5) is 77.7. The maximum atomic E-state index is 13.5. The van der Waals surface area contributed by atoms with E-state index < -0.39 is 59.4 Å². The lowest BCUT2D eigenvalue weighted by Crippen LogP contribution is -2.59. The summed E-state index contributed by atoms with van der Waals surface area (Å²) in [6.45, 7) is 12.5. The average Bonchev–Trinajstić information content (AvgIpc) is 3.44. The van der Waals surface area contributed by atoms with Crippen LogP contribution >= 0.6 is 22.6 Å². The van der Waals surface area contributed by atoms with E-state index in [9.17, 15) is 28.8 Å². The summed E-state index contributed by atoms with van der Waals surface area (Å²) >= 11 is 2.16. The van der Waals surface area contributed by atoms with Crippen molar-refractivity contribution in [1.82, 2.24) is 25.8 Å². The van der Waals surface area contributed by atoms with Gasteiger partial charge in [0.05, 0.1) is 12.5 Å². The molecule has 0 fully saturated rings. The van der Waals surface area contributed by atoms with Crippen LogP contribution < -0.4 is 21.3 Å². The Bertz CT molecular complexity index is 1310. The highest BCUT2D eigenvalue weighted by atomic mass is 127. The first-order valence-corrected chi connectivity index (χ1v) is 15.1. The van der Waals surface area contributed by atoms with Crippen molar-refractivity contribution in [1.29, 1.82) is 0 Å². The number of hydrogen-bond acceptors (Lipinski definition) is 6. The van der Waals surface area contributed by atoms with Crippen LogP contribution in [0.3, 0.4) is 0 Å². The maximum absolute atomic E-state index is 13.5. The lowest BCUT2D eigenvalue weighted by Gasteiger charge is -2.32. The van der Waals surface area contributed by atoms with E-state index in [1.54, 1.807) is 32.9 Å². The molecular weight excluding hydrogens is 665 g/mol. The van der Waals surface area contributed by atoms with Gasteiger partial charge in [-0.25, -0.2) is 0 Å². The molecule has 4 amide bonds. The Kier molecular flexibility index (Phi) is 12.6. The van der Waals surface area contributed by atoms with E-state index >= 15 is 0 Å². The van der Waals surface area contributed by atoms with E-state index in [1.165, 1.54) is 23.9 Å². The Morgan fingerprint density at radius 2 is 1.42 bits per heavy atom. The fourth-order valence-electron chi connectivity index (χ4n) is 4.06. The number of aromatic nitrogens is 1. The van der Waals surface area contributed by atoms with Crippen LogP contribution in [0.4, 0.5) is 0 Å². The van der Waals surface area contributed by atoms with E-state index in [2.05, 4.69) is 43.9 Å². The Hall–Kier alpha value is -3.55. The molecule has 0 aliphatic carbocycles. The molecule has 0 spiro atoms. The summed E-state index contributed by atoms with van der Waals surface area (Å²) < 4.78 is 2.30. The first-order chi connectivity index (χ1) is 19.9. The van der Waals surface area contributed by atoms with Crippen LogP contribution in [0.25, 0.3) is 0 Å². The average molecular weight is 708 g/mol. The number of carbonyl (C=O) groups is 6. The number of amides is 4. The molecule has 0 saturated heterocycles. The third kappa shape index (κ3) is 11.9. The standard InChI is InChI=1S/C31H42IN5O6/c1-19(25(40)28(42)33-18-20-10-12-21(32)13-11-20)34-27(41)22(16-24(39)37-14-8-9-15-37)35-29(43)26(31(5,6)7)36-23(38)17-30(2,3)4/h8-15,19,22,26H,16-18H2,1-7H3,(H,33,42)(H,34,41)(H,35,43)(H,36,38)/t19-,22-,26+/m0/s1. The van der Waals surface area contributed by atoms with Crippen molar-refractivity contribution in [2.24, 2.45) is 10.8 Å². The summed E-state index contributed by atoms with van der Waals surface area (Å²) in [6, 6.07) is 7.01. The molecule has 2 aromatic rings. The zero-order valence-electron chi connectivity index (χ0n) is 25.7. The molecule has 0 radical (unpaired) electrons. The van der Waals surface area contributed by atoms with Crippen LogP contribution in [0.15, 0.2) is 48.8 Å². The van der Waals surface area contributed by atoms with E-state index in [-0.39, 0.29) is 24.3 Å². The summed E-state index contributed by atoms with van der Waals surface area (Å²) in [5, 5.41) is 10.4. The van der Waals surface area contributed by atoms with Gasteiger partial charge in [0.25, 0.3) is 5.91 Å². The molecule has 3 atom stereocenters. The number of hydrogen-bond donors (Lipinski definition) is 4. The normalized spacial score (nSPS) is 13.7. The molecule has 0 unspecified atom stereocenters. The Balaban J connectivity index is 2.17. The van der Waals surface area contributed by atoms with E-state index in [0.29, 0.717) is 0 Å². The van der Waals surface area contributed by atoms with Crippen molar-refractivity contribution >= 4 is 57.9 Å². The molecule has 12 heteroatoms. The minimum atomic E-state index is -1.39. The molecule has 0 aliphatic heterocycles. The maximum Gasteiger partial charge on any atom is 0.289 e. The van der Waals surface area contributed by atoms with E-state index in [1.807, 2.05) is 45.0 Å². The van der Waals surface area contributed by atoms with Crippen molar-refractivity contribution in [3.63, 3.8) is 0 Å². The summed E-state index contributed by atoms with van der Waals surface area (Å²) in [5.41, 5.74) is -0.252. The number of Topliss-reactive ketones (excluding diaryl/α,β-unsaturated/α-hetero) is 1. The molecule has 0 aliphatic rings. The molecule has 234 valence electrons. The third-order valence-electron chi connectivity index (χ3n) is 6.37. The SMILES string of the molecule is C[C@H](NC(=O)[C@H](CC(=O)n1cccc1)NC(=O)[C@@H](NC(=O)CC(C)(C)C)C(C)(C)C)C(=O)C(=O)NCc1ccc(I)cc1. The first kappa shape index (κ1) is 35.6. The smallest absolute Gasteiger partial charge is 0.289 e. The Morgan fingerprint density at radius 3 is 1.95 bits per heavy atom. The van der Waals surface area contributed by atoms with Crippen LogP contribution in [0.5, 0.6) is 0 Å². The number of nitrogens with one attached hydrogen (secondary N) is 4. The van der Waals surface area contributed by atoms with Crippen LogP contribution in [-0.2, 0) is 30.5 Å². The minimum absolute atomic E-state index is 0.126. The van der Waals surface area contributed by atoms with Crippen molar-refractivity contribution in [3.8, 4) is 0 Å². The fraction of sp³-hybridized carbons (Fsp3) is 0.484. The first-order valence-electron chi connectivity index (χ1n) is 14.0. The van der Waals surface area contributed by atoms with Crippen LogP contribution in [0.1, 0.15) is 71.7 Å². The predicted octanol–water partition coefficient (Wildman–Crippen LogP) is 2.97. The number of halogens is 1. The van der Waals surface area contributed by atoms with Crippen molar-refractivity contribution in [3.05, 3.63) is 57.9 Å². The molecule has 43 heavy (non-hydrogen) atoms. The van der Waals surface area contributed by atoms with Gasteiger partial charge in [-0.1, -0.05) is 53.7 Å². The van der Waals surface area contributed by atoms with Crippen molar-refractivity contribution in [2.45, 2.75) is 86.0 Å². The number of nitrogens with zero attached hydrogens (tertiary/aromatic N) is 1. The molecule has 4 N–H and O–H groups in total. The van der Waals surface area contributed by atoms with Gasteiger partial charge in [0.15, 0.2) is 0 Å². The number of rotatable bonds is 12. The quantitative estimate of drug-likeness (QED) is 0.197. The van der Waals surface area contributed by atoms with Gasteiger partial charge >= 0.3 is 0 Å². The molecule has 2 rings (SSSR count). The molecule has 1 heterocycles. The predicted molar refractivity (Wildman–Crippen MR) is 171 cm³/mol. The van der Waals surface area contributed by atoms with Gasteiger partial charge in [-0.05, 0) is 70.2 Å².